The van der Waals surface area contributed by atoms with E-state index < -0.39 is 60.2 Å². The van der Waals surface area contributed by atoms with E-state index in [9.17, 15) is 19.2 Å². The molecule has 0 saturated carbocycles. The molecule has 0 radical (unpaired) electrons. The van der Waals surface area contributed by atoms with Crippen molar-refractivity contribution in [1.82, 2.24) is 0 Å². The molecule has 3 aromatic rings. The largest absolute Gasteiger partial charge is 0.456 e. The van der Waals surface area contributed by atoms with Gasteiger partial charge in [0.1, 0.15) is 11.7 Å². The van der Waals surface area contributed by atoms with E-state index in [4.69, 9.17) is 28.4 Å². The smallest absolute Gasteiger partial charge is 0.305 e. The fourth-order valence-corrected chi connectivity index (χ4v) is 5.22. The van der Waals surface area contributed by atoms with Gasteiger partial charge in [-0.1, -0.05) is 91.0 Å². The zero-order valence-corrected chi connectivity index (χ0v) is 24.3. The van der Waals surface area contributed by atoms with Gasteiger partial charge in [0.15, 0.2) is 12.2 Å². The first-order valence-electron chi connectivity index (χ1n) is 13.8. The lowest BCUT2D eigenvalue weighted by Crippen LogP contribution is -2.63. The molecule has 0 N–H and O–H groups in total. The zero-order valence-electron chi connectivity index (χ0n) is 24.3. The Bertz CT molecular complexity index is 1300. The Hall–Kier alpha value is -4.54. The lowest BCUT2D eigenvalue weighted by molar-refractivity contribution is -0.303. The monoisotopic (exact) mass is 590 g/mol. The van der Waals surface area contributed by atoms with Crippen molar-refractivity contribution >= 4 is 23.9 Å². The molecule has 0 amide bonds. The van der Waals surface area contributed by atoms with E-state index in [1.807, 2.05) is 91.0 Å². The molecule has 1 aliphatic heterocycles. The van der Waals surface area contributed by atoms with Crippen LogP contribution in [0.15, 0.2) is 91.0 Å². The molecule has 4 rings (SSSR count). The van der Waals surface area contributed by atoms with E-state index >= 15 is 0 Å². The highest BCUT2D eigenvalue weighted by molar-refractivity contribution is 5.69. The van der Waals surface area contributed by atoms with Gasteiger partial charge < -0.3 is 28.4 Å². The Kier molecular flexibility index (Phi) is 10.3. The van der Waals surface area contributed by atoms with Gasteiger partial charge in [0.25, 0.3) is 0 Å². The molecule has 0 aliphatic carbocycles. The first kappa shape index (κ1) is 31.4. The highest BCUT2D eigenvalue weighted by Gasteiger charge is 2.54. The summed E-state index contributed by atoms with van der Waals surface area (Å²) in [5.74, 6) is -2.93. The van der Waals surface area contributed by atoms with E-state index in [0.29, 0.717) is 0 Å². The fraction of sp³-hybridized carbons (Fsp3) is 0.333. The summed E-state index contributed by atoms with van der Waals surface area (Å²) in [6.45, 7) is 4.40. The second kappa shape index (κ2) is 14.1. The fourth-order valence-electron chi connectivity index (χ4n) is 5.22. The number of esters is 4. The zero-order chi connectivity index (χ0) is 31.0. The van der Waals surface area contributed by atoms with Gasteiger partial charge in [0.05, 0.1) is 6.61 Å². The number of rotatable bonds is 10. The van der Waals surface area contributed by atoms with Crippen molar-refractivity contribution in [3.05, 3.63) is 108 Å². The molecule has 1 unspecified atom stereocenters. The van der Waals surface area contributed by atoms with E-state index in [-0.39, 0.29) is 6.61 Å². The van der Waals surface area contributed by atoms with Crippen LogP contribution in [-0.4, -0.2) is 61.2 Å². The number of benzene rings is 3. The summed E-state index contributed by atoms with van der Waals surface area (Å²) in [5.41, 5.74) is 1.24. The molecule has 1 aliphatic rings. The van der Waals surface area contributed by atoms with Crippen LogP contribution in [0.5, 0.6) is 0 Å². The van der Waals surface area contributed by atoms with E-state index in [0.717, 1.165) is 37.5 Å². The Morgan fingerprint density at radius 3 is 1.33 bits per heavy atom. The standard InChI is InChI=1S/C33H34O10/c1-21(34)39-29-28(43-32(42-24(4)37)31(41-23(3)36)30(29)40-22(2)35)20-38-33(25-14-8-5-9-15-25,26-16-10-6-11-17-26)27-18-12-7-13-19-27/h5-19,28-32H,20H2,1-4H3/t28-,29-,30+,31-,32?/m1/s1. The average molecular weight is 591 g/mol. The van der Waals surface area contributed by atoms with Crippen LogP contribution < -0.4 is 0 Å². The highest BCUT2D eigenvalue weighted by atomic mass is 16.7. The van der Waals surface area contributed by atoms with Gasteiger partial charge in [-0.3, -0.25) is 19.2 Å². The molecule has 1 fully saturated rings. The number of carbonyl (C=O) groups is 4. The topological polar surface area (TPSA) is 124 Å². The van der Waals surface area contributed by atoms with Crippen LogP contribution >= 0.6 is 0 Å². The second-order valence-electron chi connectivity index (χ2n) is 9.96. The molecule has 1 saturated heterocycles. The Labute approximate surface area is 249 Å². The van der Waals surface area contributed by atoms with E-state index in [2.05, 4.69) is 0 Å². The summed E-state index contributed by atoms with van der Waals surface area (Å²) in [5, 5.41) is 0. The molecule has 0 bridgehead atoms. The Morgan fingerprint density at radius 1 is 0.558 bits per heavy atom. The highest BCUT2D eigenvalue weighted by Crippen LogP contribution is 2.41. The van der Waals surface area contributed by atoms with Gasteiger partial charge in [0.2, 0.25) is 12.4 Å². The van der Waals surface area contributed by atoms with Crippen LogP contribution in [0.2, 0.25) is 0 Å². The van der Waals surface area contributed by atoms with Gasteiger partial charge in [0, 0.05) is 27.7 Å². The molecule has 3 aromatic carbocycles. The minimum Gasteiger partial charge on any atom is -0.456 e. The van der Waals surface area contributed by atoms with Crippen molar-refractivity contribution in [1.29, 1.82) is 0 Å². The van der Waals surface area contributed by atoms with Crippen LogP contribution in [0.4, 0.5) is 0 Å². The van der Waals surface area contributed by atoms with Crippen LogP contribution in [0.1, 0.15) is 44.4 Å². The summed E-state index contributed by atoms with van der Waals surface area (Å²) >= 11 is 0. The summed E-state index contributed by atoms with van der Waals surface area (Å²) in [7, 11) is 0. The maximum absolute atomic E-state index is 12.3. The first-order chi connectivity index (χ1) is 20.6. The third-order valence-corrected chi connectivity index (χ3v) is 6.78. The van der Waals surface area contributed by atoms with Gasteiger partial charge >= 0.3 is 23.9 Å². The van der Waals surface area contributed by atoms with Crippen molar-refractivity contribution in [3.63, 3.8) is 0 Å². The Morgan fingerprint density at radius 2 is 0.930 bits per heavy atom. The van der Waals surface area contributed by atoms with Gasteiger partial charge in [-0.25, -0.2) is 0 Å². The van der Waals surface area contributed by atoms with Crippen molar-refractivity contribution < 1.29 is 47.6 Å². The molecule has 226 valence electrons. The quantitative estimate of drug-likeness (QED) is 0.194. The molecule has 43 heavy (non-hydrogen) atoms. The molecular weight excluding hydrogens is 556 g/mol. The van der Waals surface area contributed by atoms with E-state index in [1.54, 1.807) is 0 Å². The molecule has 10 nitrogen and oxygen atoms in total. The summed E-state index contributed by atoms with van der Waals surface area (Å²) in [6, 6.07) is 28.7. The maximum atomic E-state index is 12.3. The third-order valence-electron chi connectivity index (χ3n) is 6.78. The van der Waals surface area contributed by atoms with Crippen LogP contribution in [0.3, 0.4) is 0 Å². The lowest BCUT2D eigenvalue weighted by atomic mass is 9.80. The third kappa shape index (κ3) is 7.46. The van der Waals surface area contributed by atoms with Crippen LogP contribution in [0.25, 0.3) is 0 Å². The summed E-state index contributed by atoms with van der Waals surface area (Å²) in [6.07, 6.45) is -6.73. The predicted molar refractivity (Wildman–Crippen MR) is 152 cm³/mol. The average Bonchev–Trinajstić information content (AvgIpc) is 2.97. The normalized spacial score (nSPS) is 21.7. The van der Waals surface area contributed by atoms with Crippen LogP contribution in [-0.2, 0) is 53.2 Å². The molecule has 0 spiro atoms. The second-order valence-corrected chi connectivity index (χ2v) is 9.96. The minimum atomic E-state index is -1.49. The Balaban J connectivity index is 1.83. The molecule has 0 aromatic heterocycles. The number of hydrogen-bond donors (Lipinski definition) is 0. The number of carbonyl (C=O) groups excluding carboxylic acids is 4. The molecule has 10 heteroatoms. The van der Waals surface area contributed by atoms with Gasteiger partial charge in [-0.05, 0) is 16.7 Å². The van der Waals surface area contributed by atoms with Crippen molar-refractivity contribution in [2.24, 2.45) is 0 Å². The van der Waals surface area contributed by atoms with Gasteiger partial charge in [-0.15, -0.1) is 0 Å². The minimum absolute atomic E-state index is 0.237. The lowest BCUT2D eigenvalue weighted by Gasteiger charge is -2.45. The molecule has 1 heterocycles. The first-order valence-corrected chi connectivity index (χ1v) is 13.8. The van der Waals surface area contributed by atoms with Crippen molar-refractivity contribution in [2.45, 2.75) is 64.0 Å². The predicted octanol–water partition coefficient (Wildman–Crippen LogP) is 4.08. The molecular formula is C33H34O10. The summed E-state index contributed by atoms with van der Waals surface area (Å²) in [4.78, 5) is 48.6. The van der Waals surface area contributed by atoms with Crippen molar-refractivity contribution in [3.8, 4) is 0 Å². The van der Waals surface area contributed by atoms with Crippen molar-refractivity contribution in [2.75, 3.05) is 6.61 Å². The SMILES string of the molecule is CC(=O)OC1O[C@H](COC(c2ccccc2)(c2ccccc2)c2ccccc2)[C@@H](OC(C)=O)[C@H](OC(C)=O)[C@H]1OC(C)=O. The van der Waals surface area contributed by atoms with Crippen LogP contribution in [0, 0.1) is 0 Å². The maximum Gasteiger partial charge on any atom is 0.305 e. The summed E-state index contributed by atoms with van der Waals surface area (Å²) < 4.78 is 34.9. The van der Waals surface area contributed by atoms with E-state index in [1.165, 1.54) is 6.92 Å². The number of ether oxygens (including phenoxy) is 6. The number of hydrogen-bond acceptors (Lipinski definition) is 10. The van der Waals surface area contributed by atoms with Gasteiger partial charge in [-0.2, -0.15) is 0 Å². The molecule has 5 atom stereocenters.